The van der Waals surface area contributed by atoms with Crippen molar-refractivity contribution in [2.75, 3.05) is 17.2 Å². The number of carbonyl (C=O) groups excluding carboxylic acids is 1. The van der Waals surface area contributed by atoms with Crippen LogP contribution in [0.3, 0.4) is 0 Å². The second-order valence-corrected chi connectivity index (χ2v) is 7.99. The second-order valence-electron chi connectivity index (χ2n) is 7.03. The molecule has 2 heterocycles. The number of halogens is 3. The molecule has 0 spiro atoms. The summed E-state index contributed by atoms with van der Waals surface area (Å²) in [6.45, 7) is 3.93. The molecule has 1 amide bonds. The zero-order valence-electron chi connectivity index (χ0n) is 19.5. The summed E-state index contributed by atoms with van der Waals surface area (Å²) >= 11 is 1.38. The highest BCUT2D eigenvalue weighted by molar-refractivity contribution is 7.98. The Labute approximate surface area is 213 Å². The molecule has 0 radical (unpaired) electrons. The van der Waals surface area contributed by atoms with Crippen molar-refractivity contribution in [2.24, 2.45) is 0 Å². The Morgan fingerprint density at radius 2 is 1.78 bits per heavy atom. The number of anilines is 2. The first-order valence-electron chi connectivity index (χ1n) is 10.4. The second kappa shape index (κ2) is 12.9. The van der Waals surface area contributed by atoms with Crippen LogP contribution in [-0.4, -0.2) is 44.7 Å². The summed E-state index contributed by atoms with van der Waals surface area (Å²) in [4.78, 5) is 32.0. The molecule has 4 N–H and O–H groups in total. The highest BCUT2D eigenvalue weighted by atomic mass is 32.2. The Balaban J connectivity index is 0.000000604. The highest BCUT2D eigenvalue weighted by Gasteiger charge is 2.38. The standard InChI is InChI=1S/C21H19N7OS.C2HF3O2/c1-3-24-20-16(10-22)19(14-4-6-15(7-5-14)27-13(2)29)17(11-23)21(28-20)30-12-18-25-8-9-26-18;3-2(4,5)1(6)7/h4-9H,3,12H2,1-2H3,(H,24,28)(H,25,26)(H,27,29);(H,6,7). The van der Waals surface area contributed by atoms with Gasteiger partial charge in [-0.3, -0.25) is 4.79 Å². The maximum atomic E-state index is 11.3. The number of pyridine rings is 1. The van der Waals surface area contributed by atoms with E-state index in [-0.39, 0.29) is 5.91 Å². The monoisotopic (exact) mass is 531 g/mol. The first-order valence-corrected chi connectivity index (χ1v) is 11.4. The summed E-state index contributed by atoms with van der Waals surface area (Å²) in [6.07, 6.45) is -1.68. The molecule has 3 rings (SSSR count). The molecule has 0 atom stereocenters. The molecule has 2 aromatic heterocycles. The van der Waals surface area contributed by atoms with Gasteiger partial charge in [0.25, 0.3) is 0 Å². The van der Waals surface area contributed by atoms with Crippen LogP contribution in [0.4, 0.5) is 24.7 Å². The third-order valence-electron chi connectivity index (χ3n) is 4.37. The normalized spacial score (nSPS) is 10.4. The van der Waals surface area contributed by atoms with Crippen molar-refractivity contribution in [1.29, 1.82) is 10.5 Å². The first kappa shape index (κ1) is 28.7. The Kier molecular flexibility index (Phi) is 10.0. The molecule has 37 heavy (non-hydrogen) atoms. The number of nitrogens with zero attached hydrogens (tertiary/aromatic N) is 4. The zero-order valence-corrected chi connectivity index (χ0v) is 20.3. The number of hydrogen-bond donors (Lipinski definition) is 4. The Bertz CT molecular complexity index is 1330. The van der Waals surface area contributed by atoms with Crippen LogP contribution >= 0.6 is 11.8 Å². The van der Waals surface area contributed by atoms with Crippen LogP contribution in [0.25, 0.3) is 11.1 Å². The van der Waals surface area contributed by atoms with Gasteiger partial charge in [0, 0.05) is 37.1 Å². The fraction of sp³-hybridized carbons (Fsp3) is 0.217. The number of rotatable bonds is 7. The molecule has 0 saturated carbocycles. The predicted octanol–water partition coefficient (Wildman–Crippen LogP) is 4.53. The molecule has 0 unspecified atom stereocenters. The molecule has 0 aliphatic carbocycles. The van der Waals surface area contributed by atoms with Crippen LogP contribution in [0.15, 0.2) is 41.7 Å². The van der Waals surface area contributed by atoms with E-state index in [0.29, 0.717) is 51.1 Å². The van der Waals surface area contributed by atoms with E-state index in [2.05, 4.69) is 37.7 Å². The molecule has 0 aliphatic rings. The average Bonchev–Trinajstić information content (AvgIpc) is 3.36. The van der Waals surface area contributed by atoms with Crippen molar-refractivity contribution in [2.45, 2.75) is 30.8 Å². The van der Waals surface area contributed by atoms with Gasteiger partial charge in [0.05, 0.1) is 11.3 Å². The van der Waals surface area contributed by atoms with Gasteiger partial charge in [-0.25, -0.2) is 14.8 Å². The molecule has 0 bridgehead atoms. The van der Waals surface area contributed by atoms with Crippen LogP contribution in [0.1, 0.15) is 30.8 Å². The van der Waals surface area contributed by atoms with E-state index in [1.807, 2.05) is 6.92 Å². The number of H-pyrrole nitrogens is 1. The minimum Gasteiger partial charge on any atom is -0.475 e. The van der Waals surface area contributed by atoms with E-state index in [9.17, 15) is 28.5 Å². The van der Waals surface area contributed by atoms with Crippen molar-refractivity contribution in [1.82, 2.24) is 15.0 Å². The number of imidazole rings is 1. The molecule has 10 nitrogen and oxygen atoms in total. The number of carboxylic acid groups (broad SMARTS) is 1. The van der Waals surface area contributed by atoms with E-state index in [0.717, 1.165) is 5.82 Å². The van der Waals surface area contributed by atoms with Gasteiger partial charge in [-0.1, -0.05) is 23.9 Å². The molecular formula is C23H20F3N7O3S. The van der Waals surface area contributed by atoms with E-state index >= 15 is 0 Å². The average molecular weight is 532 g/mol. The fourth-order valence-electron chi connectivity index (χ4n) is 2.90. The maximum Gasteiger partial charge on any atom is 0.490 e. The molecule has 3 aromatic rings. The maximum absolute atomic E-state index is 11.3. The number of thioether (sulfide) groups is 1. The smallest absolute Gasteiger partial charge is 0.475 e. The van der Waals surface area contributed by atoms with Gasteiger partial charge in [-0.05, 0) is 24.6 Å². The number of carboxylic acids is 1. The van der Waals surface area contributed by atoms with Crippen molar-refractivity contribution in [3.05, 3.63) is 53.6 Å². The molecule has 192 valence electrons. The lowest BCUT2D eigenvalue weighted by Crippen LogP contribution is -2.21. The number of nitriles is 2. The Morgan fingerprint density at radius 1 is 1.16 bits per heavy atom. The molecular weight excluding hydrogens is 511 g/mol. The van der Waals surface area contributed by atoms with Gasteiger partial charge in [0.2, 0.25) is 5.91 Å². The van der Waals surface area contributed by atoms with Gasteiger partial charge < -0.3 is 20.7 Å². The number of aromatic amines is 1. The quantitative estimate of drug-likeness (QED) is 0.320. The summed E-state index contributed by atoms with van der Waals surface area (Å²) in [6, 6.07) is 11.4. The molecule has 0 aliphatic heterocycles. The molecule has 0 saturated heterocycles. The lowest BCUT2D eigenvalue weighted by molar-refractivity contribution is -0.192. The SMILES string of the molecule is CCNc1nc(SCc2ncc[nH]2)c(C#N)c(-c2ccc(NC(C)=O)cc2)c1C#N.O=C(O)C(F)(F)F. The highest BCUT2D eigenvalue weighted by Crippen LogP contribution is 2.37. The number of aromatic nitrogens is 3. The number of carbonyl (C=O) groups is 2. The third-order valence-corrected chi connectivity index (χ3v) is 5.36. The van der Waals surface area contributed by atoms with Crippen LogP contribution in [0.2, 0.25) is 0 Å². The first-order chi connectivity index (χ1) is 17.5. The Morgan fingerprint density at radius 3 is 2.24 bits per heavy atom. The van der Waals surface area contributed by atoms with Crippen LogP contribution < -0.4 is 10.6 Å². The van der Waals surface area contributed by atoms with Gasteiger partial charge in [0.15, 0.2) is 0 Å². The number of alkyl halides is 3. The Hall–Kier alpha value is -4.56. The summed E-state index contributed by atoms with van der Waals surface area (Å²) in [5.41, 5.74) is 2.48. The number of amides is 1. The topological polar surface area (TPSA) is 168 Å². The van der Waals surface area contributed by atoms with Crippen molar-refractivity contribution < 1.29 is 27.9 Å². The number of aliphatic carboxylic acids is 1. The number of nitrogens with one attached hydrogen (secondary N) is 3. The van der Waals surface area contributed by atoms with Crippen molar-refractivity contribution in [3.63, 3.8) is 0 Å². The van der Waals surface area contributed by atoms with Crippen LogP contribution in [0, 0.1) is 22.7 Å². The summed E-state index contributed by atoms with van der Waals surface area (Å²) in [5, 5.41) is 33.2. The van der Waals surface area contributed by atoms with E-state index in [1.165, 1.54) is 18.7 Å². The van der Waals surface area contributed by atoms with Crippen LogP contribution in [-0.2, 0) is 15.3 Å². The van der Waals surface area contributed by atoms with E-state index in [1.54, 1.807) is 36.7 Å². The molecule has 14 heteroatoms. The van der Waals surface area contributed by atoms with Gasteiger partial charge in [-0.15, -0.1) is 0 Å². The fourth-order valence-corrected chi connectivity index (χ4v) is 3.78. The minimum atomic E-state index is -5.08. The lowest BCUT2D eigenvalue weighted by Gasteiger charge is -2.15. The summed E-state index contributed by atoms with van der Waals surface area (Å²) in [5.74, 6) is -1.23. The molecule has 1 aromatic carbocycles. The lowest BCUT2D eigenvalue weighted by atomic mass is 9.96. The van der Waals surface area contributed by atoms with E-state index in [4.69, 9.17) is 9.90 Å². The number of hydrogen-bond acceptors (Lipinski definition) is 8. The van der Waals surface area contributed by atoms with Crippen molar-refractivity contribution in [3.8, 4) is 23.3 Å². The van der Waals surface area contributed by atoms with Gasteiger partial charge in [-0.2, -0.15) is 23.7 Å². The third kappa shape index (κ3) is 7.98. The largest absolute Gasteiger partial charge is 0.490 e. The minimum absolute atomic E-state index is 0.173. The van der Waals surface area contributed by atoms with Crippen molar-refractivity contribution >= 4 is 35.1 Å². The van der Waals surface area contributed by atoms with E-state index < -0.39 is 12.1 Å². The molecule has 0 fully saturated rings. The summed E-state index contributed by atoms with van der Waals surface area (Å²) < 4.78 is 31.7. The van der Waals surface area contributed by atoms with Gasteiger partial charge >= 0.3 is 12.1 Å². The van der Waals surface area contributed by atoms with Gasteiger partial charge in [0.1, 0.15) is 34.4 Å². The number of benzene rings is 1. The summed E-state index contributed by atoms with van der Waals surface area (Å²) in [7, 11) is 0. The van der Waals surface area contributed by atoms with Crippen LogP contribution in [0.5, 0.6) is 0 Å². The zero-order chi connectivity index (χ0) is 27.6. The predicted molar refractivity (Wildman–Crippen MR) is 129 cm³/mol.